The minimum absolute atomic E-state index is 0.0137. The van der Waals surface area contributed by atoms with Crippen molar-refractivity contribution in [3.8, 4) is 11.1 Å². The molecule has 150 valence electrons. The second-order valence-electron chi connectivity index (χ2n) is 8.09. The van der Waals surface area contributed by atoms with Crippen LogP contribution in [0.3, 0.4) is 0 Å². The van der Waals surface area contributed by atoms with Crippen LogP contribution in [0.5, 0.6) is 0 Å². The van der Waals surface area contributed by atoms with E-state index in [1.54, 1.807) is 4.90 Å². The molecule has 0 saturated carbocycles. The van der Waals surface area contributed by atoms with Gasteiger partial charge in [0.1, 0.15) is 12.0 Å². The van der Waals surface area contributed by atoms with Gasteiger partial charge >= 0.3 is 12.1 Å². The van der Waals surface area contributed by atoms with E-state index in [0.717, 1.165) is 11.1 Å². The molecule has 1 N–H and O–H groups in total. The van der Waals surface area contributed by atoms with Crippen LogP contribution in [0.1, 0.15) is 29.9 Å². The Kier molecular flexibility index (Phi) is 4.32. The Morgan fingerprint density at radius 3 is 2.41 bits per heavy atom. The number of carbonyl (C=O) groups excluding carboxylic acids is 1. The number of piperidine rings is 1. The number of likely N-dealkylation sites (tertiary alicyclic amines) is 1. The molecule has 2 aromatic carbocycles. The first-order chi connectivity index (χ1) is 14.1. The fourth-order valence-electron chi connectivity index (χ4n) is 5.16. The van der Waals surface area contributed by atoms with Gasteiger partial charge in [-0.2, -0.15) is 0 Å². The van der Waals surface area contributed by atoms with Crippen molar-refractivity contribution >= 4 is 12.1 Å². The van der Waals surface area contributed by atoms with Crippen LogP contribution < -0.4 is 0 Å². The Labute approximate surface area is 169 Å². The van der Waals surface area contributed by atoms with Crippen LogP contribution in [0.25, 0.3) is 11.1 Å². The Hall–Kier alpha value is -2.86. The number of benzene rings is 2. The van der Waals surface area contributed by atoms with Crippen molar-refractivity contribution in [1.82, 2.24) is 4.90 Å². The third kappa shape index (κ3) is 2.74. The summed E-state index contributed by atoms with van der Waals surface area (Å²) in [7, 11) is 0. The molecule has 1 amide bonds. The van der Waals surface area contributed by atoms with Gasteiger partial charge in [-0.1, -0.05) is 48.5 Å². The molecule has 0 unspecified atom stereocenters. The zero-order chi connectivity index (χ0) is 20.0. The Balaban J connectivity index is 1.36. The van der Waals surface area contributed by atoms with Gasteiger partial charge < -0.3 is 19.5 Å². The van der Waals surface area contributed by atoms with E-state index in [4.69, 9.17) is 9.47 Å². The zero-order valence-electron chi connectivity index (χ0n) is 16.0. The number of ether oxygens (including phenoxy) is 2. The van der Waals surface area contributed by atoms with Crippen molar-refractivity contribution in [2.24, 2.45) is 5.41 Å². The summed E-state index contributed by atoms with van der Waals surface area (Å²) in [5.41, 5.74) is 3.66. The molecule has 0 aromatic heterocycles. The number of carbonyl (C=O) groups is 2. The number of hydrogen-bond donors (Lipinski definition) is 1. The van der Waals surface area contributed by atoms with Crippen LogP contribution in [-0.4, -0.2) is 54.5 Å². The first-order valence-corrected chi connectivity index (χ1v) is 10.0. The van der Waals surface area contributed by atoms with E-state index >= 15 is 0 Å². The van der Waals surface area contributed by atoms with Gasteiger partial charge in [0.2, 0.25) is 0 Å². The quantitative estimate of drug-likeness (QED) is 0.864. The summed E-state index contributed by atoms with van der Waals surface area (Å²) in [4.78, 5) is 26.4. The Morgan fingerprint density at radius 2 is 1.76 bits per heavy atom. The molecule has 6 nitrogen and oxygen atoms in total. The van der Waals surface area contributed by atoms with Crippen molar-refractivity contribution in [1.29, 1.82) is 0 Å². The molecule has 0 radical (unpaired) electrons. The summed E-state index contributed by atoms with van der Waals surface area (Å²) >= 11 is 0. The van der Waals surface area contributed by atoms with Crippen molar-refractivity contribution in [3.63, 3.8) is 0 Å². The number of rotatable bonds is 3. The van der Waals surface area contributed by atoms with Gasteiger partial charge in [0, 0.05) is 12.5 Å². The molecular formula is C23H23NO5. The van der Waals surface area contributed by atoms with Gasteiger partial charge in [-0.15, -0.1) is 0 Å². The predicted octanol–water partition coefficient (Wildman–Crippen LogP) is 3.50. The average molecular weight is 393 g/mol. The second-order valence-corrected chi connectivity index (χ2v) is 8.09. The minimum atomic E-state index is -1.01. The number of aliphatic carboxylic acids is 1. The molecule has 2 aromatic rings. The summed E-state index contributed by atoms with van der Waals surface area (Å²) in [6.45, 7) is 1.13. The average Bonchev–Trinajstić information content (AvgIpc) is 3.32. The van der Waals surface area contributed by atoms with Crippen LogP contribution in [0, 0.1) is 5.41 Å². The highest BCUT2D eigenvalue weighted by Gasteiger charge is 2.56. The molecule has 3 aliphatic rings. The molecule has 2 fully saturated rings. The van der Waals surface area contributed by atoms with E-state index in [9.17, 15) is 14.7 Å². The van der Waals surface area contributed by atoms with E-state index < -0.39 is 23.5 Å². The zero-order valence-corrected chi connectivity index (χ0v) is 16.0. The number of fused-ring (bicyclic) bond motifs is 4. The summed E-state index contributed by atoms with van der Waals surface area (Å²) in [5.74, 6) is -0.906. The standard InChI is InChI=1S/C23H23NO5/c25-21(26)23-10-5-11-24(20(23)13-28-14-23)22(27)29-12-19-17-8-3-1-6-15(17)16-7-2-4-9-18(16)19/h1-4,6-9,19-20H,5,10-14H2,(H,25,26)/t20-,23-/m1/s1. The van der Waals surface area contributed by atoms with E-state index in [2.05, 4.69) is 24.3 Å². The SMILES string of the molecule is O=C(OCC1c2ccccc2-c2ccccc21)N1CCC[C@@]2(C(=O)O)COC[C@@H]12. The van der Waals surface area contributed by atoms with Gasteiger partial charge in [0.25, 0.3) is 0 Å². The Morgan fingerprint density at radius 1 is 1.10 bits per heavy atom. The number of amides is 1. The lowest BCUT2D eigenvalue weighted by atomic mass is 9.75. The van der Waals surface area contributed by atoms with Crippen LogP contribution in [0.4, 0.5) is 4.79 Å². The topological polar surface area (TPSA) is 76.1 Å². The van der Waals surface area contributed by atoms with Gasteiger partial charge in [-0.25, -0.2) is 4.79 Å². The normalized spacial score (nSPS) is 25.2. The monoisotopic (exact) mass is 393 g/mol. The smallest absolute Gasteiger partial charge is 0.410 e. The second kappa shape index (κ2) is 6.88. The first-order valence-electron chi connectivity index (χ1n) is 10.0. The fourth-order valence-corrected chi connectivity index (χ4v) is 5.16. The van der Waals surface area contributed by atoms with E-state index in [-0.39, 0.29) is 25.7 Å². The van der Waals surface area contributed by atoms with Crippen LogP contribution >= 0.6 is 0 Å². The first kappa shape index (κ1) is 18.2. The van der Waals surface area contributed by atoms with Crippen LogP contribution in [0.2, 0.25) is 0 Å². The molecule has 0 bridgehead atoms. The van der Waals surface area contributed by atoms with Crippen molar-refractivity contribution in [3.05, 3.63) is 59.7 Å². The molecule has 2 saturated heterocycles. The summed E-state index contributed by atoms with van der Waals surface area (Å²) in [6, 6.07) is 15.9. The predicted molar refractivity (Wildman–Crippen MR) is 106 cm³/mol. The third-order valence-electron chi connectivity index (χ3n) is 6.67. The maximum atomic E-state index is 12.9. The summed E-state index contributed by atoms with van der Waals surface area (Å²) in [5, 5.41) is 9.76. The molecule has 2 heterocycles. The van der Waals surface area contributed by atoms with Crippen LogP contribution in [-0.2, 0) is 14.3 Å². The molecule has 29 heavy (non-hydrogen) atoms. The van der Waals surface area contributed by atoms with Crippen LogP contribution in [0.15, 0.2) is 48.5 Å². The van der Waals surface area contributed by atoms with Crippen molar-refractivity contribution in [2.45, 2.75) is 24.8 Å². The molecule has 1 aliphatic carbocycles. The number of carboxylic acid groups (broad SMARTS) is 1. The van der Waals surface area contributed by atoms with Crippen molar-refractivity contribution in [2.75, 3.05) is 26.4 Å². The number of hydrogen-bond acceptors (Lipinski definition) is 4. The van der Waals surface area contributed by atoms with Gasteiger partial charge in [-0.05, 0) is 35.1 Å². The highest BCUT2D eigenvalue weighted by molar-refractivity contribution is 5.80. The highest BCUT2D eigenvalue weighted by Crippen LogP contribution is 2.45. The van der Waals surface area contributed by atoms with Gasteiger partial charge in [0.15, 0.2) is 0 Å². The molecule has 2 atom stereocenters. The summed E-state index contributed by atoms with van der Waals surface area (Å²) < 4.78 is 11.2. The maximum absolute atomic E-state index is 12.9. The Bertz CT molecular complexity index is 928. The molecular weight excluding hydrogens is 370 g/mol. The van der Waals surface area contributed by atoms with E-state index in [1.807, 2.05) is 24.3 Å². The third-order valence-corrected chi connectivity index (χ3v) is 6.67. The number of carboxylic acids is 1. The highest BCUT2D eigenvalue weighted by atomic mass is 16.6. The van der Waals surface area contributed by atoms with E-state index in [1.165, 1.54) is 11.1 Å². The minimum Gasteiger partial charge on any atom is -0.481 e. The molecule has 6 heteroatoms. The fraction of sp³-hybridized carbons (Fsp3) is 0.391. The molecule has 2 aliphatic heterocycles. The number of nitrogens with zero attached hydrogens (tertiary/aromatic N) is 1. The lowest BCUT2D eigenvalue weighted by Gasteiger charge is -2.41. The maximum Gasteiger partial charge on any atom is 0.410 e. The lowest BCUT2D eigenvalue weighted by molar-refractivity contribution is -0.153. The molecule has 5 rings (SSSR count). The largest absolute Gasteiger partial charge is 0.481 e. The lowest BCUT2D eigenvalue weighted by Crippen LogP contribution is -2.57. The summed E-state index contributed by atoms with van der Waals surface area (Å²) in [6.07, 6.45) is 0.712. The van der Waals surface area contributed by atoms with E-state index in [0.29, 0.717) is 19.4 Å². The molecule has 0 spiro atoms. The van der Waals surface area contributed by atoms with Gasteiger partial charge in [0.05, 0.1) is 19.3 Å². The van der Waals surface area contributed by atoms with Crippen molar-refractivity contribution < 1.29 is 24.2 Å². The van der Waals surface area contributed by atoms with Gasteiger partial charge in [-0.3, -0.25) is 4.79 Å².